The maximum absolute atomic E-state index is 11.1. The molecule has 1 aromatic rings. The smallest absolute Gasteiger partial charge is 0.306 e. The Morgan fingerprint density at radius 3 is 2.80 bits per heavy atom. The summed E-state index contributed by atoms with van der Waals surface area (Å²) in [6.07, 6.45) is 1.22. The molecule has 0 spiro atoms. The van der Waals surface area contributed by atoms with E-state index in [4.69, 9.17) is 4.74 Å². The average molecular weight is 318 g/mol. The molecule has 0 radical (unpaired) electrons. The van der Waals surface area contributed by atoms with E-state index in [1.807, 2.05) is 6.92 Å². The van der Waals surface area contributed by atoms with Crippen LogP contribution in [0.5, 0.6) is 0 Å². The molecule has 0 amide bonds. The van der Waals surface area contributed by atoms with Gasteiger partial charge in [-0.15, -0.1) is 0 Å². The molecule has 1 rings (SSSR count). The average Bonchev–Trinajstić information content (AvgIpc) is 2.20. The molecule has 0 fully saturated rings. The van der Waals surface area contributed by atoms with Crippen molar-refractivity contribution >= 4 is 28.6 Å². The molecule has 0 aliphatic heterocycles. The van der Waals surface area contributed by atoms with Gasteiger partial charge >= 0.3 is 5.97 Å². The number of hydrogen-bond donors (Lipinski definition) is 0. The molecule has 0 saturated carbocycles. The van der Waals surface area contributed by atoms with Crippen LogP contribution in [0.25, 0.3) is 0 Å². The van der Waals surface area contributed by atoms with Crippen molar-refractivity contribution in [3.05, 3.63) is 32.9 Å². The Balaban J connectivity index is 2.51. The third kappa shape index (κ3) is 4.20. The van der Waals surface area contributed by atoms with E-state index < -0.39 is 0 Å². The lowest BCUT2D eigenvalue weighted by Crippen LogP contribution is -2.05. The van der Waals surface area contributed by atoms with Crippen LogP contribution in [-0.2, 0) is 16.0 Å². The summed E-state index contributed by atoms with van der Waals surface area (Å²) in [6, 6.07) is 6.27. The number of benzene rings is 1. The van der Waals surface area contributed by atoms with Gasteiger partial charge in [0.05, 0.1) is 6.61 Å². The normalized spacial score (nSPS) is 10.1. The number of carbonyl (C=O) groups excluding carboxylic acids is 1. The fourth-order valence-electron chi connectivity index (χ4n) is 1.27. The van der Waals surface area contributed by atoms with Gasteiger partial charge in [-0.2, -0.15) is 0 Å². The number of rotatable bonds is 4. The summed E-state index contributed by atoms with van der Waals surface area (Å²) in [6.45, 7) is 4.37. The molecular weight excluding hydrogens is 303 g/mol. The molecule has 82 valence electrons. The first kappa shape index (κ1) is 12.5. The van der Waals surface area contributed by atoms with E-state index in [1.54, 1.807) is 0 Å². The lowest BCUT2D eigenvalue weighted by atomic mass is 10.1. The van der Waals surface area contributed by atoms with Gasteiger partial charge in [-0.1, -0.05) is 12.1 Å². The molecule has 0 N–H and O–H groups in total. The highest BCUT2D eigenvalue weighted by Gasteiger charge is 2.03. The maximum atomic E-state index is 11.1. The summed E-state index contributed by atoms with van der Waals surface area (Å²) >= 11 is 2.31. The number of hydrogen-bond acceptors (Lipinski definition) is 2. The zero-order chi connectivity index (χ0) is 11.3. The molecule has 0 aliphatic rings. The molecule has 1 aromatic carbocycles. The maximum Gasteiger partial charge on any atom is 0.306 e. The van der Waals surface area contributed by atoms with E-state index in [2.05, 4.69) is 47.7 Å². The van der Waals surface area contributed by atoms with E-state index >= 15 is 0 Å². The van der Waals surface area contributed by atoms with Gasteiger partial charge in [0, 0.05) is 9.99 Å². The molecule has 0 saturated heterocycles. The lowest BCUT2D eigenvalue weighted by Gasteiger charge is -2.04. The Kier molecular flexibility index (Phi) is 5.08. The summed E-state index contributed by atoms with van der Waals surface area (Å²) in [4.78, 5) is 11.1. The first-order valence-electron chi connectivity index (χ1n) is 5.04. The lowest BCUT2D eigenvalue weighted by molar-refractivity contribution is -0.143. The Labute approximate surface area is 104 Å². The fourth-order valence-corrected chi connectivity index (χ4v) is 1.85. The van der Waals surface area contributed by atoms with Crippen LogP contribution >= 0.6 is 22.6 Å². The highest BCUT2D eigenvalue weighted by Crippen LogP contribution is 2.14. The number of aryl methyl sites for hydroxylation is 2. The van der Waals surface area contributed by atoms with Gasteiger partial charge in [0.15, 0.2) is 0 Å². The largest absolute Gasteiger partial charge is 0.466 e. The monoisotopic (exact) mass is 318 g/mol. The second kappa shape index (κ2) is 6.10. The topological polar surface area (TPSA) is 26.3 Å². The van der Waals surface area contributed by atoms with Crippen LogP contribution in [0, 0.1) is 10.5 Å². The Morgan fingerprint density at radius 2 is 2.20 bits per heavy atom. The summed E-state index contributed by atoms with van der Waals surface area (Å²) in [5.41, 5.74) is 2.47. The third-order valence-electron chi connectivity index (χ3n) is 2.16. The van der Waals surface area contributed by atoms with Crippen molar-refractivity contribution in [2.45, 2.75) is 26.7 Å². The molecule has 0 heterocycles. The first-order valence-corrected chi connectivity index (χ1v) is 6.12. The zero-order valence-corrected chi connectivity index (χ0v) is 11.2. The van der Waals surface area contributed by atoms with Crippen molar-refractivity contribution in [3.63, 3.8) is 0 Å². The van der Waals surface area contributed by atoms with Crippen molar-refractivity contribution in [2.75, 3.05) is 6.61 Å². The van der Waals surface area contributed by atoms with Crippen molar-refractivity contribution in [1.29, 1.82) is 0 Å². The Morgan fingerprint density at radius 1 is 1.47 bits per heavy atom. The second-order valence-electron chi connectivity index (χ2n) is 3.39. The molecule has 0 aliphatic carbocycles. The number of carbonyl (C=O) groups is 1. The predicted octanol–water partition coefficient (Wildman–Crippen LogP) is 3.10. The minimum Gasteiger partial charge on any atom is -0.466 e. The van der Waals surface area contributed by atoms with Gasteiger partial charge in [0.25, 0.3) is 0 Å². The van der Waals surface area contributed by atoms with Gasteiger partial charge in [-0.25, -0.2) is 0 Å². The van der Waals surface area contributed by atoms with Crippen LogP contribution in [0.1, 0.15) is 24.5 Å². The number of halogens is 1. The molecule has 0 unspecified atom stereocenters. The highest BCUT2D eigenvalue weighted by molar-refractivity contribution is 14.1. The van der Waals surface area contributed by atoms with E-state index in [9.17, 15) is 4.79 Å². The summed E-state index contributed by atoms with van der Waals surface area (Å²) in [5, 5.41) is 0. The van der Waals surface area contributed by atoms with Gasteiger partial charge in [0.2, 0.25) is 0 Å². The second-order valence-corrected chi connectivity index (χ2v) is 4.55. The fraction of sp³-hybridized carbons (Fsp3) is 0.417. The minimum atomic E-state index is -0.118. The van der Waals surface area contributed by atoms with E-state index in [1.165, 1.54) is 14.7 Å². The van der Waals surface area contributed by atoms with Crippen molar-refractivity contribution in [3.8, 4) is 0 Å². The highest BCUT2D eigenvalue weighted by atomic mass is 127. The number of esters is 1. The molecule has 0 atom stereocenters. The van der Waals surface area contributed by atoms with Crippen LogP contribution in [0.2, 0.25) is 0 Å². The first-order chi connectivity index (χ1) is 7.13. The van der Waals surface area contributed by atoms with Crippen LogP contribution in [-0.4, -0.2) is 12.6 Å². The van der Waals surface area contributed by atoms with Crippen molar-refractivity contribution < 1.29 is 9.53 Å². The summed E-state index contributed by atoms with van der Waals surface area (Å²) in [5.74, 6) is -0.118. The predicted molar refractivity (Wildman–Crippen MR) is 68.9 cm³/mol. The van der Waals surface area contributed by atoms with Gasteiger partial charge in [-0.3, -0.25) is 4.79 Å². The Hall–Kier alpha value is -0.580. The minimum absolute atomic E-state index is 0.118. The van der Waals surface area contributed by atoms with Crippen molar-refractivity contribution in [1.82, 2.24) is 0 Å². The zero-order valence-electron chi connectivity index (χ0n) is 9.05. The van der Waals surface area contributed by atoms with E-state index in [0.29, 0.717) is 13.0 Å². The number of ether oxygens (including phenoxy) is 1. The van der Waals surface area contributed by atoms with Crippen LogP contribution in [0.4, 0.5) is 0 Å². The van der Waals surface area contributed by atoms with Crippen LogP contribution in [0.3, 0.4) is 0 Å². The molecule has 2 nitrogen and oxygen atoms in total. The molecular formula is C12H15IO2. The summed E-state index contributed by atoms with van der Waals surface area (Å²) in [7, 11) is 0. The van der Waals surface area contributed by atoms with Gasteiger partial charge < -0.3 is 4.74 Å². The van der Waals surface area contributed by atoms with Crippen LogP contribution < -0.4 is 0 Å². The van der Waals surface area contributed by atoms with Gasteiger partial charge in [-0.05, 0) is 60.1 Å². The quantitative estimate of drug-likeness (QED) is 0.630. The summed E-state index contributed by atoms with van der Waals surface area (Å²) < 4.78 is 6.12. The van der Waals surface area contributed by atoms with E-state index in [-0.39, 0.29) is 5.97 Å². The SMILES string of the molecule is CCOC(=O)CCc1ccc(C)c(I)c1. The standard InChI is InChI=1S/C12H15IO2/c1-3-15-12(14)7-6-10-5-4-9(2)11(13)8-10/h4-5,8H,3,6-7H2,1-2H3. The van der Waals surface area contributed by atoms with E-state index in [0.717, 1.165) is 6.42 Å². The molecule has 15 heavy (non-hydrogen) atoms. The molecule has 0 bridgehead atoms. The molecule has 0 aromatic heterocycles. The van der Waals surface area contributed by atoms with Crippen molar-refractivity contribution in [2.24, 2.45) is 0 Å². The third-order valence-corrected chi connectivity index (χ3v) is 3.32. The Bertz CT molecular complexity index is 347. The molecule has 3 heteroatoms. The van der Waals surface area contributed by atoms with Gasteiger partial charge in [0.1, 0.15) is 0 Å². The van der Waals surface area contributed by atoms with Crippen LogP contribution in [0.15, 0.2) is 18.2 Å².